The predicted octanol–water partition coefficient (Wildman–Crippen LogP) is 5.09. The van der Waals surface area contributed by atoms with Gasteiger partial charge in [0.25, 0.3) is 5.91 Å². The van der Waals surface area contributed by atoms with Crippen molar-refractivity contribution >= 4 is 17.5 Å². The van der Waals surface area contributed by atoms with Crippen LogP contribution in [-0.2, 0) is 11.4 Å². The third-order valence-electron chi connectivity index (χ3n) is 5.77. The number of hydrogen-bond donors (Lipinski definition) is 2. The van der Waals surface area contributed by atoms with Crippen molar-refractivity contribution in [1.29, 1.82) is 0 Å². The first-order chi connectivity index (χ1) is 16.6. The van der Waals surface area contributed by atoms with E-state index in [4.69, 9.17) is 4.74 Å². The van der Waals surface area contributed by atoms with Gasteiger partial charge in [-0.2, -0.15) is 10.1 Å². The number of carbonyl (C=O) groups is 1. The number of benzene rings is 3. The van der Waals surface area contributed by atoms with Crippen LogP contribution in [0.4, 0.5) is 11.6 Å². The standard InChI is InChI=1S/C27H25N5O2/c1-18-11-13-20(14-12-18)16-34-23-10-6-7-21(15-23)25-24(19(2)30-27-28-17-29-32(25)27)26(33)31-22-8-4-3-5-9-22/h3-15,17,25H,16H2,1-2H3,(H,31,33)(H,28,29,30)/t25-/m1/s1. The zero-order valence-corrected chi connectivity index (χ0v) is 19.0. The Balaban J connectivity index is 1.45. The number of hydrogen-bond acceptors (Lipinski definition) is 5. The SMILES string of the molecule is CC1=C(C(=O)Nc2ccccc2)[C@@H](c2cccc(OCc3ccc(C)cc3)c2)n2ncnc2N1. The second-order valence-electron chi connectivity index (χ2n) is 8.26. The topological polar surface area (TPSA) is 81.1 Å². The second kappa shape index (κ2) is 9.23. The molecular formula is C27H25N5O2. The number of aryl methyl sites for hydroxylation is 1. The van der Waals surface area contributed by atoms with E-state index >= 15 is 0 Å². The van der Waals surface area contributed by atoms with Crippen LogP contribution in [0.1, 0.15) is 29.7 Å². The van der Waals surface area contributed by atoms with E-state index in [0.29, 0.717) is 18.1 Å². The number of carbonyl (C=O) groups excluding carboxylic acids is 1. The van der Waals surface area contributed by atoms with E-state index in [0.717, 1.165) is 28.3 Å². The fourth-order valence-electron chi connectivity index (χ4n) is 4.04. The Bertz CT molecular complexity index is 1340. The number of ether oxygens (including phenoxy) is 1. The molecule has 0 unspecified atom stereocenters. The Morgan fingerprint density at radius 3 is 2.62 bits per heavy atom. The van der Waals surface area contributed by atoms with Gasteiger partial charge in [0.05, 0.1) is 5.57 Å². The second-order valence-corrected chi connectivity index (χ2v) is 8.26. The van der Waals surface area contributed by atoms with E-state index in [9.17, 15) is 4.79 Å². The number of nitrogens with zero attached hydrogens (tertiary/aromatic N) is 3. The van der Waals surface area contributed by atoms with Gasteiger partial charge < -0.3 is 15.4 Å². The van der Waals surface area contributed by atoms with Gasteiger partial charge in [0.15, 0.2) is 0 Å². The van der Waals surface area contributed by atoms with Gasteiger partial charge in [-0.1, -0.05) is 60.2 Å². The van der Waals surface area contributed by atoms with Crippen molar-refractivity contribution in [3.05, 3.63) is 113 Å². The predicted molar refractivity (Wildman–Crippen MR) is 132 cm³/mol. The molecule has 0 fully saturated rings. The Morgan fingerprint density at radius 1 is 1.03 bits per heavy atom. The van der Waals surface area contributed by atoms with Gasteiger partial charge in [-0.15, -0.1) is 0 Å². The molecule has 7 nitrogen and oxygen atoms in total. The molecule has 2 N–H and O–H groups in total. The minimum atomic E-state index is -0.453. The molecule has 34 heavy (non-hydrogen) atoms. The summed E-state index contributed by atoms with van der Waals surface area (Å²) >= 11 is 0. The van der Waals surface area contributed by atoms with Crippen LogP contribution in [0.25, 0.3) is 0 Å². The van der Waals surface area contributed by atoms with Crippen molar-refractivity contribution in [3.8, 4) is 5.75 Å². The summed E-state index contributed by atoms with van der Waals surface area (Å²) in [6.07, 6.45) is 1.48. The molecule has 1 amide bonds. The fraction of sp³-hybridized carbons (Fsp3) is 0.148. The Kier molecular flexibility index (Phi) is 5.82. The molecule has 0 bridgehead atoms. The quantitative estimate of drug-likeness (QED) is 0.427. The van der Waals surface area contributed by atoms with Crippen LogP contribution < -0.4 is 15.4 Å². The van der Waals surface area contributed by atoms with Crippen molar-refractivity contribution in [2.24, 2.45) is 0 Å². The van der Waals surface area contributed by atoms with Crippen LogP contribution in [-0.4, -0.2) is 20.7 Å². The lowest BCUT2D eigenvalue weighted by Crippen LogP contribution is -2.31. The van der Waals surface area contributed by atoms with Crippen LogP contribution in [0, 0.1) is 6.92 Å². The fourth-order valence-corrected chi connectivity index (χ4v) is 4.04. The summed E-state index contributed by atoms with van der Waals surface area (Å²) in [5.74, 6) is 1.11. The van der Waals surface area contributed by atoms with Gasteiger partial charge in [0.2, 0.25) is 5.95 Å². The zero-order chi connectivity index (χ0) is 23.5. The average Bonchev–Trinajstić information content (AvgIpc) is 3.31. The molecule has 4 aromatic rings. The summed E-state index contributed by atoms with van der Waals surface area (Å²) in [4.78, 5) is 17.7. The molecule has 0 aliphatic carbocycles. The van der Waals surface area contributed by atoms with Gasteiger partial charge in [-0.3, -0.25) is 4.79 Å². The van der Waals surface area contributed by atoms with E-state index < -0.39 is 6.04 Å². The lowest BCUT2D eigenvalue weighted by molar-refractivity contribution is -0.113. The van der Waals surface area contributed by atoms with E-state index in [1.54, 1.807) is 4.68 Å². The molecule has 1 aliphatic heterocycles. The first-order valence-corrected chi connectivity index (χ1v) is 11.1. The summed E-state index contributed by atoms with van der Waals surface area (Å²) < 4.78 is 7.80. The van der Waals surface area contributed by atoms with Crippen molar-refractivity contribution in [1.82, 2.24) is 14.8 Å². The third-order valence-corrected chi connectivity index (χ3v) is 5.77. The summed E-state index contributed by atoms with van der Waals surface area (Å²) in [7, 11) is 0. The molecule has 0 saturated carbocycles. The number of aromatic nitrogens is 3. The van der Waals surface area contributed by atoms with Crippen molar-refractivity contribution in [2.45, 2.75) is 26.5 Å². The van der Waals surface area contributed by atoms with E-state index in [1.165, 1.54) is 11.9 Å². The van der Waals surface area contributed by atoms with Gasteiger partial charge in [-0.05, 0) is 49.2 Å². The maximum Gasteiger partial charge on any atom is 0.255 e. The molecule has 3 aromatic carbocycles. The molecule has 1 aliphatic rings. The minimum absolute atomic E-state index is 0.201. The van der Waals surface area contributed by atoms with Gasteiger partial charge in [-0.25, -0.2) is 4.68 Å². The largest absolute Gasteiger partial charge is 0.489 e. The number of amides is 1. The van der Waals surface area contributed by atoms with Crippen LogP contribution in [0.3, 0.4) is 0 Å². The Hall–Kier alpha value is -4.39. The number of nitrogens with one attached hydrogen (secondary N) is 2. The third kappa shape index (κ3) is 4.41. The maximum atomic E-state index is 13.4. The number of allylic oxidation sites excluding steroid dienone is 1. The van der Waals surface area contributed by atoms with Crippen molar-refractivity contribution in [2.75, 3.05) is 10.6 Å². The van der Waals surface area contributed by atoms with Crippen LogP contribution in [0.5, 0.6) is 5.75 Å². The lowest BCUT2D eigenvalue weighted by atomic mass is 9.95. The minimum Gasteiger partial charge on any atom is -0.489 e. The monoisotopic (exact) mass is 451 g/mol. The highest BCUT2D eigenvalue weighted by Crippen LogP contribution is 2.36. The molecule has 7 heteroatoms. The van der Waals surface area contributed by atoms with Gasteiger partial charge >= 0.3 is 0 Å². The number of anilines is 2. The van der Waals surface area contributed by atoms with Gasteiger partial charge in [0.1, 0.15) is 24.7 Å². The Morgan fingerprint density at radius 2 is 1.82 bits per heavy atom. The first kappa shape index (κ1) is 21.5. The highest BCUT2D eigenvalue weighted by atomic mass is 16.5. The van der Waals surface area contributed by atoms with Gasteiger partial charge in [0, 0.05) is 11.4 Å². The van der Waals surface area contributed by atoms with Crippen LogP contribution in [0.2, 0.25) is 0 Å². The van der Waals surface area contributed by atoms with E-state index in [-0.39, 0.29) is 5.91 Å². The summed E-state index contributed by atoms with van der Waals surface area (Å²) in [5, 5.41) is 10.6. The highest BCUT2D eigenvalue weighted by Gasteiger charge is 2.33. The highest BCUT2D eigenvalue weighted by molar-refractivity contribution is 6.06. The molecule has 1 aromatic heterocycles. The maximum absolute atomic E-state index is 13.4. The number of rotatable bonds is 6. The molecule has 0 radical (unpaired) electrons. The zero-order valence-electron chi connectivity index (χ0n) is 19.0. The number of fused-ring (bicyclic) bond motifs is 1. The summed E-state index contributed by atoms with van der Waals surface area (Å²) in [5.41, 5.74) is 5.21. The smallest absolute Gasteiger partial charge is 0.255 e. The molecule has 5 rings (SSSR count). The lowest BCUT2D eigenvalue weighted by Gasteiger charge is -2.29. The van der Waals surface area contributed by atoms with E-state index in [1.807, 2.05) is 61.5 Å². The number of para-hydroxylation sites is 1. The summed E-state index contributed by atoms with van der Waals surface area (Å²) in [6.45, 7) is 4.40. The molecule has 0 saturated heterocycles. The van der Waals surface area contributed by atoms with Crippen molar-refractivity contribution < 1.29 is 9.53 Å². The average molecular weight is 452 g/mol. The Labute approximate surface area is 198 Å². The van der Waals surface area contributed by atoms with Crippen LogP contribution in [0.15, 0.2) is 96.5 Å². The molecule has 0 spiro atoms. The van der Waals surface area contributed by atoms with Crippen molar-refractivity contribution in [3.63, 3.8) is 0 Å². The summed E-state index contributed by atoms with van der Waals surface area (Å²) in [6, 6.07) is 25.0. The molecular weight excluding hydrogens is 426 g/mol. The van der Waals surface area contributed by atoms with Crippen LogP contribution >= 0.6 is 0 Å². The van der Waals surface area contributed by atoms with E-state index in [2.05, 4.69) is 51.9 Å². The first-order valence-electron chi connectivity index (χ1n) is 11.1. The normalized spacial score (nSPS) is 14.8. The molecule has 170 valence electrons. The molecule has 1 atom stereocenters. The molecule has 2 heterocycles.